The van der Waals surface area contributed by atoms with Gasteiger partial charge in [-0.05, 0) is 0 Å². The molecule has 8 heavy (non-hydrogen) atoms. The van der Waals surface area contributed by atoms with E-state index < -0.39 is 0 Å². The van der Waals surface area contributed by atoms with Crippen molar-refractivity contribution in [2.45, 2.75) is 6.61 Å². The molecule has 0 aliphatic carbocycles. The minimum absolute atomic E-state index is 0.550. The summed E-state index contributed by atoms with van der Waals surface area (Å²) in [6, 6.07) is 0. The molecule has 0 amide bonds. The molecule has 3 radical (unpaired) electrons. The second-order valence-corrected chi connectivity index (χ2v) is 2.48. The summed E-state index contributed by atoms with van der Waals surface area (Å²) < 4.78 is 4.64. The number of nitrogens with zero attached hydrogens (tertiary/aromatic N) is 1. The molecule has 0 spiro atoms. The first-order chi connectivity index (χ1) is 3.93. The number of rotatable bonds is 2. The lowest BCUT2D eigenvalue weighted by Crippen LogP contribution is -1.84. The predicted octanol–water partition coefficient (Wildman–Crippen LogP) is 0.743. The van der Waals surface area contributed by atoms with E-state index in [0.717, 1.165) is 5.01 Å². The van der Waals surface area contributed by atoms with E-state index >= 15 is 0 Å². The van der Waals surface area contributed by atoms with Gasteiger partial charge in [-0.1, -0.05) is 0 Å². The Kier molecular flexibility index (Phi) is 2.20. The highest BCUT2D eigenvalue weighted by atomic mass is 32.1. The number of thiazole rings is 1. The van der Waals surface area contributed by atoms with Gasteiger partial charge in [0.15, 0.2) is 0 Å². The molecule has 0 fully saturated rings. The fourth-order valence-electron chi connectivity index (χ4n) is 0.386. The molecular weight excluding hydrogens is 138 g/mol. The average molecular weight is 142 g/mol. The molecule has 0 bridgehead atoms. The van der Waals surface area contributed by atoms with E-state index in [1.54, 1.807) is 17.5 Å². The van der Waals surface area contributed by atoms with Crippen molar-refractivity contribution in [2.24, 2.45) is 0 Å². The smallest absolute Gasteiger partial charge is 0.246 e. The van der Waals surface area contributed by atoms with Crippen LogP contribution in [0.1, 0.15) is 5.01 Å². The molecule has 2 nitrogen and oxygen atoms in total. The van der Waals surface area contributed by atoms with E-state index in [9.17, 15) is 0 Å². The van der Waals surface area contributed by atoms with Crippen molar-refractivity contribution in [1.82, 2.24) is 4.98 Å². The Balaban J connectivity index is 2.50. The Morgan fingerprint density at radius 2 is 2.75 bits per heavy atom. The van der Waals surface area contributed by atoms with Crippen molar-refractivity contribution in [3.05, 3.63) is 16.6 Å². The van der Waals surface area contributed by atoms with Gasteiger partial charge in [0.05, 0.1) is 6.61 Å². The summed E-state index contributed by atoms with van der Waals surface area (Å²) in [7, 11) is 2.88. The maximum absolute atomic E-state index is 4.64. The lowest BCUT2D eigenvalue weighted by molar-refractivity contribution is 0.337. The summed E-state index contributed by atoms with van der Waals surface area (Å²) in [4.78, 5) is 3.97. The molecule has 0 unspecified atom stereocenters. The highest BCUT2D eigenvalue weighted by molar-refractivity contribution is 7.09. The summed E-state index contributed by atoms with van der Waals surface area (Å²) in [5.74, 6) is 0. The van der Waals surface area contributed by atoms with Gasteiger partial charge in [-0.25, -0.2) is 4.98 Å². The van der Waals surface area contributed by atoms with Crippen LogP contribution in [-0.4, -0.2) is 15.5 Å². The molecule has 41 valence electrons. The van der Waals surface area contributed by atoms with E-state index in [1.807, 2.05) is 5.38 Å². The molecule has 0 N–H and O–H groups in total. The van der Waals surface area contributed by atoms with Gasteiger partial charge in [0, 0.05) is 11.6 Å². The minimum atomic E-state index is 0.550. The van der Waals surface area contributed by atoms with Gasteiger partial charge in [0.25, 0.3) is 0 Å². The van der Waals surface area contributed by atoms with Gasteiger partial charge in [0.2, 0.25) is 10.5 Å². The van der Waals surface area contributed by atoms with Crippen molar-refractivity contribution < 1.29 is 4.43 Å². The molecule has 0 aromatic carbocycles. The van der Waals surface area contributed by atoms with Gasteiger partial charge in [0.1, 0.15) is 5.01 Å². The van der Waals surface area contributed by atoms with Crippen LogP contribution in [0.5, 0.6) is 0 Å². The van der Waals surface area contributed by atoms with Crippen LogP contribution in [0.25, 0.3) is 0 Å². The number of hydrogen-bond donors (Lipinski definition) is 0. The van der Waals surface area contributed by atoms with E-state index in [1.165, 1.54) is 0 Å². The van der Waals surface area contributed by atoms with Gasteiger partial charge in [-0.2, -0.15) is 0 Å². The molecule has 0 aliphatic heterocycles. The summed E-state index contributed by atoms with van der Waals surface area (Å²) in [5.41, 5.74) is 0. The monoisotopic (exact) mass is 142 g/mol. The molecule has 1 rings (SSSR count). The zero-order chi connectivity index (χ0) is 5.82. The largest absolute Gasteiger partial charge is 0.412 e. The summed E-state index contributed by atoms with van der Waals surface area (Å²) in [5, 5.41) is 2.90. The number of aromatic nitrogens is 1. The summed E-state index contributed by atoms with van der Waals surface area (Å²) in [6.45, 7) is 0.550. The molecule has 1 aromatic heterocycles. The van der Waals surface area contributed by atoms with Crippen LogP contribution in [0.2, 0.25) is 0 Å². The average Bonchev–Trinajstić information content (AvgIpc) is 2.19. The van der Waals surface area contributed by atoms with E-state index in [-0.39, 0.29) is 0 Å². The lowest BCUT2D eigenvalue weighted by Gasteiger charge is -1.87. The third-order valence-electron chi connectivity index (χ3n) is 0.679. The Labute approximate surface area is 55.1 Å². The molecule has 0 saturated carbocycles. The number of hydrogen-bond acceptors (Lipinski definition) is 3. The van der Waals surface area contributed by atoms with Crippen LogP contribution in [0, 0.1) is 0 Å². The highest BCUT2D eigenvalue weighted by Crippen LogP contribution is 2.03. The third-order valence-corrected chi connectivity index (χ3v) is 1.58. The van der Waals surface area contributed by atoms with Gasteiger partial charge >= 0.3 is 0 Å². The normalized spacial score (nSPS) is 9.62. The van der Waals surface area contributed by atoms with Crippen LogP contribution in [0.3, 0.4) is 0 Å². The van der Waals surface area contributed by atoms with E-state index in [2.05, 4.69) is 19.9 Å². The molecule has 0 aliphatic rings. The zero-order valence-electron chi connectivity index (χ0n) is 4.13. The van der Waals surface area contributed by atoms with Crippen molar-refractivity contribution >= 4 is 21.8 Å². The Hall–Kier alpha value is -0.193. The predicted molar refractivity (Wildman–Crippen MR) is 32.7 cm³/mol. The van der Waals surface area contributed by atoms with Gasteiger partial charge < -0.3 is 4.43 Å². The van der Waals surface area contributed by atoms with Crippen molar-refractivity contribution in [2.75, 3.05) is 0 Å². The quantitative estimate of drug-likeness (QED) is 0.568. The standard InChI is InChI=1S/C4H4NOSSi/c8-6-3-4-5-1-2-7-4/h1-2H,3H2. The first kappa shape index (κ1) is 5.93. The van der Waals surface area contributed by atoms with Crippen molar-refractivity contribution in [3.8, 4) is 0 Å². The third kappa shape index (κ3) is 1.40. The molecule has 1 heterocycles. The van der Waals surface area contributed by atoms with Crippen LogP contribution < -0.4 is 0 Å². The molecule has 0 atom stereocenters. The molecular formula is C4H4NOSSi. The SMILES string of the molecule is [Si]OCc1nccs1. The first-order valence-corrected chi connectivity index (χ1v) is 3.39. The van der Waals surface area contributed by atoms with Gasteiger partial charge in [-0.15, -0.1) is 11.3 Å². The lowest BCUT2D eigenvalue weighted by atomic mass is 10.8. The van der Waals surface area contributed by atoms with Crippen molar-refractivity contribution in [1.29, 1.82) is 0 Å². The van der Waals surface area contributed by atoms with Crippen LogP contribution in [0.4, 0.5) is 0 Å². The maximum atomic E-state index is 4.64. The Bertz CT molecular complexity index is 142. The molecule has 4 heteroatoms. The minimum Gasteiger partial charge on any atom is -0.412 e. The Morgan fingerprint density at radius 1 is 1.88 bits per heavy atom. The van der Waals surface area contributed by atoms with Crippen LogP contribution in [-0.2, 0) is 11.0 Å². The molecule has 1 aromatic rings. The zero-order valence-corrected chi connectivity index (χ0v) is 5.94. The van der Waals surface area contributed by atoms with Crippen LogP contribution >= 0.6 is 11.3 Å². The second-order valence-electron chi connectivity index (χ2n) is 1.21. The fourth-order valence-corrected chi connectivity index (χ4v) is 1.15. The van der Waals surface area contributed by atoms with Gasteiger partial charge in [-0.3, -0.25) is 0 Å². The fraction of sp³-hybridized carbons (Fsp3) is 0.250. The first-order valence-electron chi connectivity index (χ1n) is 2.10. The molecule has 0 saturated heterocycles. The van der Waals surface area contributed by atoms with E-state index in [4.69, 9.17) is 0 Å². The highest BCUT2D eigenvalue weighted by Gasteiger charge is 1.89. The topological polar surface area (TPSA) is 22.1 Å². The Morgan fingerprint density at radius 3 is 3.25 bits per heavy atom. The summed E-state index contributed by atoms with van der Waals surface area (Å²) in [6.07, 6.45) is 1.76. The van der Waals surface area contributed by atoms with E-state index in [0.29, 0.717) is 6.61 Å². The van der Waals surface area contributed by atoms with Crippen molar-refractivity contribution in [3.63, 3.8) is 0 Å². The summed E-state index contributed by atoms with van der Waals surface area (Å²) >= 11 is 1.58. The second kappa shape index (κ2) is 2.96. The maximum Gasteiger partial charge on any atom is 0.246 e. The van der Waals surface area contributed by atoms with Crippen LogP contribution in [0.15, 0.2) is 11.6 Å².